The molecule has 0 aliphatic rings. The van der Waals surface area contributed by atoms with Gasteiger partial charge in [-0.1, -0.05) is 36.4 Å². The summed E-state index contributed by atoms with van der Waals surface area (Å²) < 4.78 is 1.73. The number of hydrogen-bond acceptors (Lipinski definition) is 2. The fourth-order valence-corrected chi connectivity index (χ4v) is 2.46. The summed E-state index contributed by atoms with van der Waals surface area (Å²) in [5, 5.41) is 0. The van der Waals surface area contributed by atoms with Gasteiger partial charge in [0.2, 0.25) is 0 Å². The molecule has 3 rings (SSSR count). The second kappa shape index (κ2) is 4.90. The standard InChI is InChI=1S/C17H14N2O2/c1-11-7-8-13-9-14(12-5-3-2-4-6-12)15(19(13)10-11)16(20)17(18)21/h2-10H,1H3,(H2,18,21). The molecule has 0 spiro atoms. The maximum absolute atomic E-state index is 12.2. The summed E-state index contributed by atoms with van der Waals surface area (Å²) in [7, 11) is 0. The molecule has 0 aliphatic carbocycles. The van der Waals surface area contributed by atoms with Crippen LogP contribution in [0.4, 0.5) is 0 Å². The number of aryl methyl sites for hydroxylation is 1. The SMILES string of the molecule is Cc1ccc2cc(-c3ccccc3)c(C(=O)C(N)=O)n2c1. The predicted molar refractivity (Wildman–Crippen MR) is 81.1 cm³/mol. The van der Waals surface area contributed by atoms with Crippen molar-refractivity contribution in [3.05, 3.63) is 66.0 Å². The maximum atomic E-state index is 12.2. The molecule has 0 atom stereocenters. The lowest BCUT2D eigenvalue weighted by Crippen LogP contribution is -2.25. The molecular formula is C17H14N2O2. The highest BCUT2D eigenvalue weighted by Gasteiger charge is 2.22. The second-order valence-corrected chi connectivity index (χ2v) is 4.97. The molecule has 1 aromatic carbocycles. The van der Waals surface area contributed by atoms with Crippen LogP contribution in [-0.2, 0) is 4.79 Å². The van der Waals surface area contributed by atoms with Gasteiger partial charge in [-0.25, -0.2) is 0 Å². The van der Waals surface area contributed by atoms with E-state index in [-0.39, 0.29) is 0 Å². The van der Waals surface area contributed by atoms with Gasteiger partial charge in [-0.05, 0) is 30.2 Å². The summed E-state index contributed by atoms with van der Waals surface area (Å²) >= 11 is 0. The molecule has 4 nitrogen and oxygen atoms in total. The molecule has 0 radical (unpaired) electrons. The smallest absolute Gasteiger partial charge is 0.291 e. The quantitative estimate of drug-likeness (QED) is 0.591. The number of nitrogens with zero attached hydrogens (tertiary/aromatic N) is 1. The fourth-order valence-electron chi connectivity index (χ4n) is 2.46. The minimum atomic E-state index is -0.950. The van der Waals surface area contributed by atoms with Gasteiger partial charge < -0.3 is 10.1 Å². The highest BCUT2D eigenvalue weighted by molar-refractivity contribution is 6.43. The van der Waals surface area contributed by atoms with Crippen molar-refractivity contribution >= 4 is 17.2 Å². The van der Waals surface area contributed by atoms with E-state index in [4.69, 9.17) is 5.73 Å². The van der Waals surface area contributed by atoms with Crippen LogP contribution in [0, 0.1) is 6.92 Å². The van der Waals surface area contributed by atoms with E-state index in [0.717, 1.165) is 16.6 Å². The van der Waals surface area contributed by atoms with Crippen molar-refractivity contribution in [2.45, 2.75) is 6.92 Å². The number of pyridine rings is 1. The van der Waals surface area contributed by atoms with Crippen LogP contribution in [0.3, 0.4) is 0 Å². The Morgan fingerprint density at radius 1 is 1.05 bits per heavy atom. The normalized spacial score (nSPS) is 10.7. The number of hydrogen-bond donors (Lipinski definition) is 1. The average molecular weight is 278 g/mol. The van der Waals surface area contributed by atoms with Crippen LogP contribution in [-0.4, -0.2) is 16.1 Å². The summed E-state index contributed by atoms with van der Waals surface area (Å²) in [6.45, 7) is 1.93. The molecule has 104 valence electrons. The van der Waals surface area contributed by atoms with Gasteiger partial charge in [0.25, 0.3) is 11.7 Å². The molecule has 0 fully saturated rings. The van der Waals surface area contributed by atoms with Gasteiger partial charge in [-0.15, -0.1) is 0 Å². The first-order valence-electron chi connectivity index (χ1n) is 6.59. The van der Waals surface area contributed by atoms with E-state index in [9.17, 15) is 9.59 Å². The predicted octanol–water partition coefficient (Wildman–Crippen LogP) is 2.58. The van der Waals surface area contributed by atoms with Crippen molar-refractivity contribution in [2.75, 3.05) is 0 Å². The van der Waals surface area contributed by atoms with E-state index in [2.05, 4.69) is 0 Å². The minimum absolute atomic E-state index is 0.312. The Balaban J connectivity index is 2.36. The van der Waals surface area contributed by atoms with Gasteiger partial charge in [0, 0.05) is 17.3 Å². The highest BCUT2D eigenvalue weighted by Crippen LogP contribution is 2.28. The molecule has 21 heavy (non-hydrogen) atoms. The lowest BCUT2D eigenvalue weighted by molar-refractivity contribution is -0.114. The third-order valence-corrected chi connectivity index (χ3v) is 3.44. The number of carbonyl (C=O) groups is 2. The van der Waals surface area contributed by atoms with Crippen LogP contribution in [0.2, 0.25) is 0 Å². The number of primary amides is 1. The topological polar surface area (TPSA) is 64.6 Å². The number of benzene rings is 1. The first-order valence-corrected chi connectivity index (χ1v) is 6.59. The molecule has 0 bridgehead atoms. The molecule has 3 aromatic rings. The van der Waals surface area contributed by atoms with Crippen molar-refractivity contribution in [1.82, 2.24) is 4.40 Å². The Bertz CT molecular complexity index is 848. The molecule has 2 aromatic heterocycles. The summed E-state index contributed by atoms with van der Waals surface area (Å²) in [4.78, 5) is 23.6. The van der Waals surface area contributed by atoms with Crippen molar-refractivity contribution in [2.24, 2.45) is 5.73 Å². The third kappa shape index (κ3) is 2.21. The zero-order valence-electron chi connectivity index (χ0n) is 11.5. The molecule has 0 saturated carbocycles. The number of nitrogens with two attached hydrogens (primary N) is 1. The lowest BCUT2D eigenvalue weighted by Gasteiger charge is -2.05. The molecule has 4 heteroatoms. The monoisotopic (exact) mass is 278 g/mol. The van der Waals surface area contributed by atoms with E-state index in [1.807, 2.05) is 61.7 Å². The zero-order chi connectivity index (χ0) is 15.0. The number of fused-ring (bicyclic) bond motifs is 1. The van der Waals surface area contributed by atoms with Crippen LogP contribution >= 0.6 is 0 Å². The van der Waals surface area contributed by atoms with E-state index < -0.39 is 11.7 Å². The van der Waals surface area contributed by atoms with E-state index >= 15 is 0 Å². The maximum Gasteiger partial charge on any atom is 0.291 e. The molecule has 2 N–H and O–H groups in total. The number of carbonyl (C=O) groups excluding carboxylic acids is 2. The Hall–Kier alpha value is -2.88. The van der Waals surface area contributed by atoms with Crippen molar-refractivity contribution < 1.29 is 9.59 Å². The molecule has 0 unspecified atom stereocenters. The van der Waals surface area contributed by atoms with Crippen LogP contribution in [0.1, 0.15) is 16.1 Å². The summed E-state index contributed by atoms with van der Waals surface area (Å²) in [6.07, 6.45) is 1.83. The minimum Gasteiger partial charge on any atom is -0.363 e. The van der Waals surface area contributed by atoms with Gasteiger partial charge in [0.05, 0.1) is 0 Å². The van der Waals surface area contributed by atoms with Gasteiger partial charge in [-0.3, -0.25) is 9.59 Å². The summed E-state index contributed by atoms with van der Waals surface area (Å²) in [5.74, 6) is -1.63. The van der Waals surface area contributed by atoms with E-state index in [1.165, 1.54) is 0 Å². The lowest BCUT2D eigenvalue weighted by atomic mass is 10.0. The molecule has 0 saturated heterocycles. The third-order valence-electron chi connectivity index (χ3n) is 3.44. The number of rotatable bonds is 3. The fraction of sp³-hybridized carbons (Fsp3) is 0.0588. The number of aromatic nitrogens is 1. The highest BCUT2D eigenvalue weighted by atomic mass is 16.2. The number of ketones is 1. The first-order chi connectivity index (χ1) is 10.1. The zero-order valence-corrected chi connectivity index (χ0v) is 11.5. The second-order valence-electron chi connectivity index (χ2n) is 4.97. The van der Waals surface area contributed by atoms with Crippen LogP contribution < -0.4 is 5.73 Å². The molecular weight excluding hydrogens is 264 g/mol. The van der Waals surface area contributed by atoms with Gasteiger partial charge in [0.1, 0.15) is 5.69 Å². The van der Waals surface area contributed by atoms with Gasteiger partial charge >= 0.3 is 0 Å². The Labute approximate surface area is 121 Å². The molecule has 1 amide bonds. The van der Waals surface area contributed by atoms with Crippen LogP contribution in [0.15, 0.2) is 54.7 Å². The average Bonchev–Trinajstić information content (AvgIpc) is 2.85. The van der Waals surface area contributed by atoms with Gasteiger partial charge in [0.15, 0.2) is 0 Å². The Morgan fingerprint density at radius 2 is 1.76 bits per heavy atom. The largest absolute Gasteiger partial charge is 0.363 e. The van der Waals surface area contributed by atoms with Crippen molar-refractivity contribution in [1.29, 1.82) is 0 Å². The summed E-state index contributed by atoms with van der Waals surface area (Å²) in [5.41, 5.74) is 8.95. The van der Waals surface area contributed by atoms with Crippen molar-refractivity contribution in [3.8, 4) is 11.1 Å². The number of amides is 1. The van der Waals surface area contributed by atoms with Crippen LogP contribution in [0.5, 0.6) is 0 Å². The first kappa shape index (κ1) is 13.1. The van der Waals surface area contributed by atoms with Crippen molar-refractivity contribution in [3.63, 3.8) is 0 Å². The summed E-state index contributed by atoms with van der Waals surface area (Å²) in [6, 6.07) is 15.3. The molecule has 2 heterocycles. The van der Waals surface area contributed by atoms with E-state index in [0.29, 0.717) is 11.3 Å². The van der Waals surface area contributed by atoms with Gasteiger partial charge in [-0.2, -0.15) is 0 Å². The van der Waals surface area contributed by atoms with Crippen LogP contribution in [0.25, 0.3) is 16.6 Å². The Kier molecular flexibility index (Phi) is 3.06. The Morgan fingerprint density at radius 3 is 2.43 bits per heavy atom. The van der Waals surface area contributed by atoms with E-state index in [1.54, 1.807) is 4.40 Å². The number of Topliss-reactive ketones (excluding diaryl/α,β-unsaturated/α-hetero) is 1. The molecule has 0 aliphatic heterocycles.